The SMILES string of the molecule is C=C(F)COC=O. The molecule has 0 bridgehead atoms. The highest BCUT2D eigenvalue weighted by Gasteiger charge is 1.84. The first kappa shape index (κ1) is 6.14. The van der Waals surface area contributed by atoms with E-state index >= 15 is 0 Å². The van der Waals surface area contributed by atoms with Gasteiger partial charge >= 0.3 is 0 Å². The van der Waals surface area contributed by atoms with Crippen LogP contribution in [0.15, 0.2) is 12.4 Å². The summed E-state index contributed by atoms with van der Waals surface area (Å²) >= 11 is 0. The van der Waals surface area contributed by atoms with Crippen LogP contribution >= 0.6 is 0 Å². The third-order valence-electron chi connectivity index (χ3n) is 0.308. The molecule has 0 radical (unpaired) electrons. The highest BCUT2D eigenvalue weighted by molar-refractivity contribution is 5.37. The second kappa shape index (κ2) is 3.33. The zero-order valence-corrected chi connectivity index (χ0v) is 3.69. The van der Waals surface area contributed by atoms with Crippen molar-refractivity contribution in [1.82, 2.24) is 0 Å². The lowest BCUT2D eigenvalue weighted by molar-refractivity contribution is -0.128. The zero-order valence-electron chi connectivity index (χ0n) is 3.69. The summed E-state index contributed by atoms with van der Waals surface area (Å²) in [6.45, 7) is 2.68. The van der Waals surface area contributed by atoms with Crippen LogP contribution in [0.2, 0.25) is 0 Å². The average molecular weight is 104 g/mol. The van der Waals surface area contributed by atoms with Crippen molar-refractivity contribution < 1.29 is 13.9 Å². The molecule has 0 aromatic rings. The van der Waals surface area contributed by atoms with Crippen LogP contribution in [-0.2, 0) is 9.53 Å². The first-order chi connectivity index (χ1) is 3.27. The molecule has 0 heterocycles. The third-order valence-corrected chi connectivity index (χ3v) is 0.308. The summed E-state index contributed by atoms with van der Waals surface area (Å²) in [5, 5.41) is 0. The third kappa shape index (κ3) is 5.14. The number of ether oxygens (including phenoxy) is 1. The van der Waals surface area contributed by atoms with Crippen molar-refractivity contribution in [2.75, 3.05) is 6.61 Å². The predicted octanol–water partition coefficient (Wildman–Crippen LogP) is 0.643. The molecule has 0 aliphatic heterocycles. The molecule has 0 amide bonds. The Kier molecular flexibility index (Phi) is 2.92. The van der Waals surface area contributed by atoms with Gasteiger partial charge in [0.25, 0.3) is 6.47 Å². The smallest absolute Gasteiger partial charge is 0.293 e. The molecule has 0 aromatic carbocycles. The molecule has 0 spiro atoms. The summed E-state index contributed by atoms with van der Waals surface area (Å²) in [6, 6.07) is 0. The van der Waals surface area contributed by atoms with Crippen LogP contribution in [0.4, 0.5) is 4.39 Å². The van der Waals surface area contributed by atoms with E-state index < -0.39 is 5.83 Å². The van der Waals surface area contributed by atoms with Crippen molar-refractivity contribution in [3.63, 3.8) is 0 Å². The first-order valence-corrected chi connectivity index (χ1v) is 1.66. The van der Waals surface area contributed by atoms with E-state index in [1.165, 1.54) is 0 Å². The van der Waals surface area contributed by atoms with Crippen LogP contribution < -0.4 is 0 Å². The number of carbonyl (C=O) groups excluding carboxylic acids is 1. The summed E-state index contributed by atoms with van der Waals surface area (Å²) in [5.74, 6) is -0.646. The van der Waals surface area contributed by atoms with Crippen LogP contribution in [0.1, 0.15) is 0 Å². The molecule has 0 rings (SSSR count). The van der Waals surface area contributed by atoms with E-state index in [4.69, 9.17) is 0 Å². The van der Waals surface area contributed by atoms with Gasteiger partial charge in [-0.2, -0.15) is 0 Å². The summed E-state index contributed by atoms with van der Waals surface area (Å²) in [6.07, 6.45) is 0. The minimum atomic E-state index is -0.646. The van der Waals surface area contributed by atoms with Gasteiger partial charge in [-0.3, -0.25) is 4.79 Å². The van der Waals surface area contributed by atoms with Crippen molar-refractivity contribution in [2.24, 2.45) is 0 Å². The van der Waals surface area contributed by atoms with Crippen LogP contribution in [0, 0.1) is 0 Å². The normalized spacial score (nSPS) is 7.57. The van der Waals surface area contributed by atoms with Gasteiger partial charge in [-0.05, 0) is 0 Å². The maximum Gasteiger partial charge on any atom is 0.293 e. The standard InChI is InChI=1S/C4H5FO2/c1-4(5)2-7-3-6/h3H,1-2H2. The van der Waals surface area contributed by atoms with E-state index in [-0.39, 0.29) is 13.1 Å². The van der Waals surface area contributed by atoms with Gasteiger partial charge in [0.15, 0.2) is 0 Å². The molecular formula is C4H5FO2. The summed E-state index contributed by atoms with van der Waals surface area (Å²) < 4.78 is 15.3. The lowest BCUT2D eigenvalue weighted by Gasteiger charge is -1.88. The Morgan fingerprint density at radius 1 is 2.00 bits per heavy atom. The van der Waals surface area contributed by atoms with Crippen molar-refractivity contribution in [3.8, 4) is 0 Å². The number of hydrogen-bond donors (Lipinski definition) is 0. The lowest BCUT2D eigenvalue weighted by atomic mass is 10.6. The molecule has 0 aromatic heterocycles. The van der Waals surface area contributed by atoms with Crippen LogP contribution in [0.5, 0.6) is 0 Å². The Labute approximate surface area is 40.6 Å². The molecular weight excluding hydrogens is 99.0 g/mol. The molecule has 0 unspecified atom stereocenters. The second-order valence-corrected chi connectivity index (χ2v) is 0.924. The zero-order chi connectivity index (χ0) is 5.70. The molecule has 40 valence electrons. The van der Waals surface area contributed by atoms with E-state index in [2.05, 4.69) is 11.3 Å². The van der Waals surface area contributed by atoms with Crippen molar-refractivity contribution in [2.45, 2.75) is 0 Å². The molecule has 0 atom stereocenters. The second-order valence-electron chi connectivity index (χ2n) is 0.924. The maximum absolute atomic E-state index is 11.4. The lowest BCUT2D eigenvalue weighted by Crippen LogP contribution is -1.88. The van der Waals surface area contributed by atoms with Gasteiger partial charge in [-0.25, -0.2) is 4.39 Å². The molecule has 0 aliphatic rings. The summed E-state index contributed by atoms with van der Waals surface area (Å²) in [7, 11) is 0. The largest absolute Gasteiger partial charge is 0.461 e. The molecule has 0 aliphatic carbocycles. The monoisotopic (exact) mass is 104 g/mol. The number of hydrogen-bond acceptors (Lipinski definition) is 2. The van der Waals surface area contributed by atoms with Gasteiger partial charge in [0, 0.05) is 0 Å². The van der Waals surface area contributed by atoms with Gasteiger partial charge in [0.2, 0.25) is 0 Å². The van der Waals surface area contributed by atoms with E-state index in [0.29, 0.717) is 0 Å². The fourth-order valence-corrected chi connectivity index (χ4v) is 0.124. The van der Waals surface area contributed by atoms with E-state index in [0.717, 1.165) is 0 Å². The van der Waals surface area contributed by atoms with Gasteiger partial charge in [-0.15, -0.1) is 0 Å². The van der Waals surface area contributed by atoms with E-state index in [1.54, 1.807) is 0 Å². The minimum Gasteiger partial charge on any atom is -0.461 e. The Balaban J connectivity index is 2.97. The summed E-state index contributed by atoms with van der Waals surface area (Å²) in [4.78, 5) is 9.28. The van der Waals surface area contributed by atoms with Crippen molar-refractivity contribution >= 4 is 6.47 Å². The highest BCUT2D eigenvalue weighted by Crippen LogP contribution is 1.87. The number of halogens is 1. The van der Waals surface area contributed by atoms with Crippen molar-refractivity contribution in [1.29, 1.82) is 0 Å². The van der Waals surface area contributed by atoms with Gasteiger partial charge in [-0.1, -0.05) is 6.58 Å². The Morgan fingerprint density at radius 3 is 2.71 bits per heavy atom. The Morgan fingerprint density at radius 2 is 2.57 bits per heavy atom. The van der Waals surface area contributed by atoms with Gasteiger partial charge in [0.1, 0.15) is 12.4 Å². The van der Waals surface area contributed by atoms with E-state index in [9.17, 15) is 9.18 Å². The van der Waals surface area contributed by atoms with E-state index in [1.807, 2.05) is 0 Å². The quantitative estimate of drug-likeness (QED) is 0.491. The molecule has 3 heteroatoms. The molecule has 0 N–H and O–H groups in total. The number of rotatable bonds is 3. The Hall–Kier alpha value is -0.860. The maximum atomic E-state index is 11.4. The van der Waals surface area contributed by atoms with Gasteiger partial charge < -0.3 is 4.74 Å². The van der Waals surface area contributed by atoms with Gasteiger partial charge in [0.05, 0.1) is 0 Å². The van der Waals surface area contributed by atoms with Crippen LogP contribution in [0.25, 0.3) is 0 Å². The molecule has 0 saturated carbocycles. The molecule has 2 nitrogen and oxygen atoms in total. The van der Waals surface area contributed by atoms with Crippen LogP contribution in [0.3, 0.4) is 0 Å². The summed E-state index contributed by atoms with van der Waals surface area (Å²) in [5.41, 5.74) is 0. The highest BCUT2D eigenvalue weighted by atomic mass is 19.1. The molecule has 7 heavy (non-hydrogen) atoms. The topological polar surface area (TPSA) is 26.3 Å². The fraction of sp³-hybridized carbons (Fsp3) is 0.250. The number of carbonyl (C=O) groups is 1. The van der Waals surface area contributed by atoms with Crippen LogP contribution in [-0.4, -0.2) is 13.1 Å². The first-order valence-electron chi connectivity index (χ1n) is 1.66. The molecule has 0 fully saturated rings. The van der Waals surface area contributed by atoms with Crippen molar-refractivity contribution in [3.05, 3.63) is 12.4 Å². The minimum absolute atomic E-state index is 0.171. The fourth-order valence-electron chi connectivity index (χ4n) is 0.124. The average Bonchev–Trinajstić information content (AvgIpc) is 1.61. The predicted molar refractivity (Wildman–Crippen MR) is 22.3 cm³/mol. The molecule has 0 saturated heterocycles. The Bertz CT molecular complexity index is 79.8.